The molecule has 1 atom stereocenters. The number of benzene rings is 2. The number of nitrogens with zero attached hydrogens (tertiary/aromatic N) is 1. The van der Waals surface area contributed by atoms with Crippen LogP contribution in [-0.4, -0.2) is 11.7 Å². The van der Waals surface area contributed by atoms with E-state index in [2.05, 4.69) is 0 Å². The minimum Gasteiger partial charge on any atom is -0.491 e. The summed E-state index contributed by atoms with van der Waals surface area (Å²) in [4.78, 5) is 0. The first-order valence-corrected chi connectivity index (χ1v) is 6.13. The molecule has 0 saturated carbocycles. The van der Waals surface area contributed by atoms with Crippen molar-refractivity contribution in [3.8, 4) is 11.8 Å². The summed E-state index contributed by atoms with van der Waals surface area (Å²) in [5, 5.41) is 19.3. The zero-order valence-electron chi connectivity index (χ0n) is 10.1. The number of aliphatic hydroxyl groups is 1. The smallest absolute Gasteiger partial charge is 0.119 e. The summed E-state index contributed by atoms with van der Waals surface area (Å²) in [6, 6.07) is 15.7. The molecule has 0 aliphatic carbocycles. The van der Waals surface area contributed by atoms with Gasteiger partial charge in [-0.25, -0.2) is 0 Å². The van der Waals surface area contributed by atoms with Gasteiger partial charge in [-0.05, 0) is 42.0 Å². The van der Waals surface area contributed by atoms with Gasteiger partial charge in [0.1, 0.15) is 18.5 Å². The molecule has 0 spiro atoms. The van der Waals surface area contributed by atoms with Crippen LogP contribution in [0.4, 0.5) is 0 Å². The molecular weight excluding hydrogens is 262 g/mol. The summed E-state index contributed by atoms with van der Waals surface area (Å²) in [5.74, 6) is 0.650. The van der Waals surface area contributed by atoms with E-state index in [0.29, 0.717) is 21.9 Å². The molecule has 19 heavy (non-hydrogen) atoms. The number of halogens is 1. The fourth-order valence-corrected chi connectivity index (χ4v) is 1.71. The maximum absolute atomic E-state index is 9.97. The number of ether oxygens (including phenoxy) is 1. The van der Waals surface area contributed by atoms with Crippen LogP contribution in [-0.2, 0) is 0 Å². The minimum atomic E-state index is -0.733. The van der Waals surface area contributed by atoms with Gasteiger partial charge in [-0.2, -0.15) is 5.26 Å². The molecule has 96 valence electrons. The van der Waals surface area contributed by atoms with E-state index >= 15 is 0 Å². The largest absolute Gasteiger partial charge is 0.491 e. The lowest BCUT2D eigenvalue weighted by molar-refractivity contribution is 0.108. The van der Waals surface area contributed by atoms with E-state index in [4.69, 9.17) is 21.6 Å². The van der Waals surface area contributed by atoms with Crippen LogP contribution in [0.2, 0.25) is 5.02 Å². The summed E-state index contributed by atoms with van der Waals surface area (Å²) in [5.41, 5.74) is 1.28. The van der Waals surface area contributed by atoms with E-state index in [9.17, 15) is 5.11 Å². The topological polar surface area (TPSA) is 53.2 Å². The maximum Gasteiger partial charge on any atom is 0.119 e. The number of nitriles is 1. The third-order valence-electron chi connectivity index (χ3n) is 2.65. The van der Waals surface area contributed by atoms with Gasteiger partial charge in [-0.3, -0.25) is 0 Å². The molecule has 0 amide bonds. The first-order chi connectivity index (χ1) is 9.19. The molecule has 0 heterocycles. The molecule has 1 unspecified atom stereocenters. The van der Waals surface area contributed by atoms with Gasteiger partial charge >= 0.3 is 0 Å². The van der Waals surface area contributed by atoms with Crippen LogP contribution in [0.5, 0.6) is 5.75 Å². The average Bonchev–Trinajstić information content (AvgIpc) is 2.46. The minimum absolute atomic E-state index is 0.146. The van der Waals surface area contributed by atoms with E-state index in [1.54, 1.807) is 48.5 Å². The molecule has 0 bridgehead atoms. The lowest BCUT2D eigenvalue weighted by atomic mass is 10.1. The molecular formula is C15H12ClNO2. The van der Waals surface area contributed by atoms with Crippen LogP contribution in [0.3, 0.4) is 0 Å². The molecule has 0 radical (unpaired) electrons. The highest BCUT2D eigenvalue weighted by atomic mass is 35.5. The molecule has 2 aromatic rings. The number of hydrogen-bond acceptors (Lipinski definition) is 3. The van der Waals surface area contributed by atoms with Crippen molar-refractivity contribution in [2.24, 2.45) is 0 Å². The van der Waals surface area contributed by atoms with E-state index in [0.717, 1.165) is 0 Å². The quantitative estimate of drug-likeness (QED) is 0.930. The molecule has 0 aliphatic heterocycles. The predicted molar refractivity (Wildman–Crippen MR) is 73.1 cm³/mol. The predicted octanol–water partition coefficient (Wildman–Crippen LogP) is 3.32. The lowest BCUT2D eigenvalue weighted by Crippen LogP contribution is -2.09. The van der Waals surface area contributed by atoms with Gasteiger partial charge in [0.05, 0.1) is 11.6 Å². The van der Waals surface area contributed by atoms with Crippen LogP contribution in [0, 0.1) is 11.3 Å². The molecule has 3 nitrogen and oxygen atoms in total. The molecule has 2 rings (SSSR count). The third kappa shape index (κ3) is 3.72. The van der Waals surface area contributed by atoms with E-state index < -0.39 is 6.10 Å². The molecule has 2 aromatic carbocycles. The van der Waals surface area contributed by atoms with Crippen LogP contribution in [0.1, 0.15) is 17.2 Å². The van der Waals surface area contributed by atoms with Crippen molar-refractivity contribution in [2.75, 3.05) is 6.61 Å². The average molecular weight is 274 g/mol. The Morgan fingerprint density at radius 2 is 1.74 bits per heavy atom. The molecule has 4 heteroatoms. The zero-order chi connectivity index (χ0) is 13.7. The van der Waals surface area contributed by atoms with E-state index in [1.165, 1.54) is 0 Å². The van der Waals surface area contributed by atoms with Crippen LogP contribution in [0.25, 0.3) is 0 Å². The number of hydrogen-bond donors (Lipinski definition) is 1. The Morgan fingerprint density at radius 1 is 1.11 bits per heavy atom. The van der Waals surface area contributed by atoms with Crippen molar-refractivity contribution in [2.45, 2.75) is 6.10 Å². The van der Waals surface area contributed by atoms with E-state index in [-0.39, 0.29) is 6.61 Å². The first kappa shape index (κ1) is 13.4. The van der Waals surface area contributed by atoms with Crippen molar-refractivity contribution >= 4 is 11.6 Å². The van der Waals surface area contributed by atoms with Gasteiger partial charge in [0.2, 0.25) is 0 Å². The third-order valence-corrected chi connectivity index (χ3v) is 2.90. The summed E-state index contributed by atoms with van der Waals surface area (Å²) < 4.78 is 5.46. The molecule has 1 N–H and O–H groups in total. The monoisotopic (exact) mass is 273 g/mol. The highest BCUT2D eigenvalue weighted by Gasteiger charge is 2.08. The Balaban J connectivity index is 1.95. The summed E-state index contributed by atoms with van der Waals surface area (Å²) in [6.45, 7) is 0.146. The Kier molecular flexibility index (Phi) is 4.40. The van der Waals surface area contributed by atoms with Crippen molar-refractivity contribution in [3.05, 3.63) is 64.7 Å². The van der Waals surface area contributed by atoms with Crippen LogP contribution in [0.15, 0.2) is 48.5 Å². The highest BCUT2D eigenvalue weighted by molar-refractivity contribution is 6.30. The van der Waals surface area contributed by atoms with Crippen molar-refractivity contribution in [1.29, 1.82) is 5.26 Å². The first-order valence-electron chi connectivity index (χ1n) is 5.75. The van der Waals surface area contributed by atoms with E-state index in [1.807, 2.05) is 6.07 Å². The second-order valence-corrected chi connectivity index (χ2v) is 4.45. The van der Waals surface area contributed by atoms with Crippen molar-refractivity contribution < 1.29 is 9.84 Å². The molecule has 0 aromatic heterocycles. The second-order valence-electron chi connectivity index (χ2n) is 4.01. The van der Waals surface area contributed by atoms with Gasteiger partial charge in [0.15, 0.2) is 0 Å². The lowest BCUT2D eigenvalue weighted by Gasteiger charge is -2.12. The zero-order valence-corrected chi connectivity index (χ0v) is 10.8. The summed E-state index contributed by atoms with van der Waals surface area (Å²) in [7, 11) is 0. The van der Waals surface area contributed by atoms with Crippen molar-refractivity contribution in [3.63, 3.8) is 0 Å². The standard InChI is InChI=1S/C15H12ClNO2/c16-13-5-7-14(8-6-13)19-10-15(18)12-3-1-11(9-17)2-4-12/h1-8,15,18H,10H2. The number of rotatable bonds is 4. The van der Waals surface area contributed by atoms with Gasteiger partial charge in [-0.1, -0.05) is 23.7 Å². The maximum atomic E-state index is 9.97. The Morgan fingerprint density at radius 3 is 2.32 bits per heavy atom. The van der Waals surface area contributed by atoms with Crippen LogP contribution < -0.4 is 4.74 Å². The Hall–Kier alpha value is -2.02. The highest BCUT2D eigenvalue weighted by Crippen LogP contribution is 2.19. The normalized spacial score (nSPS) is 11.6. The second kappa shape index (κ2) is 6.24. The van der Waals surface area contributed by atoms with Crippen LogP contribution >= 0.6 is 11.6 Å². The summed E-state index contributed by atoms with van der Waals surface area (Å²) >= 11 is 5.77. The SMILES string of the molecule is N#Cc1ccc(C(O)COc2ccc(Cl)cc2)cc1. The molecule has 0 fully saturated rings. The van der Waals surface area contributed by atoms with Gasteiger partial charge in [0.25, 0.3) is 0 Å². The van der Waals surface area contributed by atoms with Gasteiger partial charge < -0.3 is 9.84 Å². The van der Waals surface area contributed by atoms with Crippen molar-refractivity contribution in [1.82, 2.24) is 0 Å². The Labute approximate surface area is 116 Å². The number of aliphatic hydroxyl groups excluding tert-OH is 1. The van der Waals surface area contributed by atoms with Gasteiger partial charge in [-0.15, -0.1) is 0 Å². The molecule has 0 aliphatic rings. The Bertz CT molecular complexity index is 573. The molecule has 0 saturated heterocycles. The summed E-state index contributed by atoms with van der Waals surface area (Å²) in [6.07, 6.45) is -0.733. The fourth-order valence-electron chi connectivity index (χ4n) is 1.58. The van der Waals surface area contributed by atoms with Gasteiger partial charge in [0, 0.05) is 5.02 Å². The fraction of sp³-hybridized carbons (Fsp3) is 0.133.